The molecule has 2 aromatic rings. The van der Waals surface area contributed by atoms with Gasteiger partial charge >= 0.3 is 6.18 Å². The van der Waals surface area contributed by atoms with E-state index < -0.39 is 11.9 Å². The number of alkyl halides is 3. The van der Waals surface area contributed by atoms with Crippen molar-refractivity contribution in [3.8, 4) is 10.6 Å². The number of hydrogen-bond donors (Lipinski definition) is 1. The summed E-state index contributed by atoms with van der Waals surface area (Å²) in [5.74, 6) is -0.377. The molecule has 0 saturated heterocycles. The Hall–Kier alpha value is -2.49. The third-order valence-electron chi connectivity index (χ3n) is 3.98. The second-order valence-corrected chi connectivity index (χ2v) is 7.44. The van der Waals surface area contributed by atoms with Gasteiger partial charge in [-0.25, -0.2) is 4.98 Å². The number of allylic oxidation sites excluding steroid dienone is 1. The maximum atomic E-state index is 13.0. The fraction of sp³-hybridized carbons (Fsp3) is 0.412. The van der Waals surface area contributed by atoms with E-state index in [4.69, 9.17) is 0 Å². The van der Waals surface area contributed by atoms with Crippen LogP contribution in [0.3, 0.4) is 0 Å². The number of carbonyl (C=O) groups is 1. The highest BCUT2D eigenvalue weighted by atomic mass is 32.1. The Balaban J connectivity index is 1.87. The van der Waals surface area contributed by atoms with E-state index in [0.717, 1.165) is 35.8 Å². The fourth-order valence-corrected chi connectivity index (χ4v) is 3.46. The van der Waals surface area contributed by atoms with E-state index in [1.807, 2.05) is 6.92 Å². The van der Waals surface area contributed by atoms with Gasteiger partial charge < -0.3 is 0 Å². The van der Waals surface area contributed by atoms with Crippen LogP contribution >= 0.6 is 11.3 Å². The zero-order chi connectivity index (χ0) is 19.8. The Labute approximate surface area is 157 Å². The van der Waals surface area contributed by atoms with Gasteiger partial charge in [-0.05, 0) is 45.3 Å². The maximum Gasteiger partial charge on any atom is 0.435 e. The first-order valence-electron chi connectivity index (χ1n) is 8.33. The molecule has 0 saturated carbocycles. The van der Waals surface area contributed by atoms with Gasteiger partial charge in [0, 0.05) is 18.5 Å². The van der Waals surface area contributed by atoms with E-state index in [2.05, 4.69) is 20.4 Å². The highest BCUT2D eigenvalue weighted by molar-refractivity contribution is 7.19. The minimum atomic E-state index is -4.53. The molecule has 0 aromatic carbocycles. The molecule has 3 heterocycles. The van der Waals surface area contributed by atoms with Crippen LogP contribution in [0.2, 0.25) is 0 Å². The Morgan fingerprint density at radius 1 is 1.37 bits per heavy atom. The molecule has 0 fully saturated rings. The molecule has 2 aromatic heterocycles. The Kier molecular flexibility index (Phi) is 5.18. The second-order valence-electron chi connectivity index (χ2n) is 6.41. The molecule has 0 radical (unpaired) electrons. The molecule has 0 bridgehead atoms. The smallest absolute Gasteiger partial charge is 0.296 e. The van der Waals surface area contributed by atoms with Gasteiger partial charge in [0.2, 0.25) is 0 Å². The van der Waals surface area contributed by atoms with E-state index in [9.17, 15) is 18.0 Å². The lowest BCUT2D eigenvalue weighted by Crippen LogP contribution is -2.16. The number of aliphatic imine (C=N–C) groups is 1. The zero-order valence-corrected chi connectivity index (χ0v) is 15.8. The summed E-state index contributed by atoms with van der Waals surface area (Å²) in [5.41, 5.74) is 0.591. The Morgan fingerprint density at radius 2 is 2.11 bits per heavy atom. The molecular weight excluding hydrogens is 379 g/mol. The topological polar surface area (TPSA) is 72.2 Å². The molecule has 1 N–H and O–H groups in total. The van der Waals surface area contributed by atoms with Crippen LogP contribution in [0.4, 0.5) is 18.3 Å². The van der Waals surface area contributed by atoms with Crippen molar-refractivity contribution in [1.82, 2.24) is 14.8 Å². The number of carbonyl (C=O) groups excluding carboxylic acids is 1. The van der Waals surface area contributed by atoms with Crippen molar-refractivity contribution in [3.05, 3.63) is 29.2 Å². The van der Waals surface area contributed by atoms with Crippen LogP contribution in [0.5, 0.6) is 0 Å². The first-order valence-corrected chi connectivity index (χ1v) is 9.15. The van der Waals surface area contributed by atoms with Crippen LogP contribution in [0.15, 0.2) is 28.5 Å². The summed E-state index contributed by atoms with van der Waals surface area (Å²) in [6.45, 7) is 5.34. The number of rotatable bonds is 4. The van der Waals surface area contributed by atoms with Gasteiger partial charge in [-0.15, -0.1) is 0 Å². The molecule has 3 rings (SSSR count). The molecule has 6 nitrogen and oxygen atoms in total. The van der Waals surface area contributed by atoms with Crippen molar-refractivity contribution >= 4 is 28.6 Å². The van der Waals surface area contributed by atoms with Crippen LogP contribution in [-0.4, -0.2) is 26.9 Å². The molecule has 0 aliphatic carbocycles. The molecule has 1 amide bonds. The number of nitrogens with one attached hydrogen (secondary N) is 1. The zero-order valence-electron chi connectivity index (χ0n) is 15.0. The quantitative estimate of drug-likeness (QED) is 0.814. The molecule has 144 valence electrons. The average molecular weight is 397 g/mol. The molecular formula is C17H18F3N5OS. The summed E-state index contributed by atoms with van der Waals surface area (Å²) in [4.78, 5) is 21.1. The number of thiazole rings is 1. The van der Waals surface area contributed by atoms with E-state index >= 15 is 0 Å². The molecule has 10 heteroatoms. The van der Waals surface area contributed by atoms with Crippen LogP contribution in [0.25, 0.3) is 10.6 Å². The van der Waals surface area contributed by atoms with Gasteiger partial charge in [0.05, 0.1) is 10.6 Å². The molecule has 0 unspecified atom stereocenters. The van der Waals surface area contributed by atoms with Gasteiger partial charge in [0.1, 0.15) is 5.70 Å². The van der Waals surface area contributed by atoms with Gasteiger partial charge in [0.15, 0.2) is 10.8 Å². The molecule has 0 atom stereocenters. The number of halogens is 3. The lowest BCUT2D eigenvalue weighted by Gasteiger charge is -2.10. The molecule has 1 aliphatic heterocycles. The number of anilines is 1. The van der Waals surface area contributed by atoms with Gasteiger partial charge in [-0.1, -0.05) is 11.3 Å². The number of aromatic nitrogens is 3. The van der Waals surface area contributed by atoms with Crippen LogP contribution in [0, 0.1) is 0 Å². The van der Waals surface area contributed by atoms with Crippen molar-refractivity contribution in [2.24, 2.45) is 4.99 Å². The average Bonchev–Trinajstić information content (AvgIpc) is 3.21. The monoisotopic (exact) mass is 397 g/mol. The summed E-state index contributed by atoms with van der Waals surface area (Å²) in [5, 5.41) is 6.62. The summed E-state index contributed by atoms with van der Waals surface area (Å²) >= 11 is 1.09. The summed E-state index contributed by atoms with van der Waals surface area (Å²) in [6.07, 6.45) is 0.157. The predicted octanol–water partition coefficient (Wildman–Crippen LogP) is 4.68. The van der Waals surface area contributed by atoms with Crippen molar-refractivity contribution < 1.29 is 18.0 Å². The molecule has 1 aliphatic rings. The van der Waals surface area contributed by atoms with Crippen LogP contribution < -0.4 is 5.32 Å². The third-order valence-corrected chi connectivity index (χ3v) is 4.92. The third kappa shape index (κ3) is 4.10. The van der Waals surface area contributed by atoms with Crippen molar-refractivity contribution in [2.45, 2.75) is 45.8 Å². The normalized spacial score (nSPS) is 14.9. The second kappa shape index (κ2) is 7.26. The number of amides is 1. The highest BCUT2D eigenvalue weighted by Gasteiger charge is 2.35. The largest absolute Gasteiger partial charge is 0.435 e. The number of nitrogens with zero attached hydrogens (tertiary/aromatic N) is 4. The van der Waals surface area contributed by atoms with Gasteiger partial charge in [-0.2, -0.15) is 18.3 Å². The van der Waals surface area contributed by atoms with Gasteiger partial charge in [-0.3, -0.25) is 19.8 Å². The minimum Gasteiger partial charge on any atom is -0.296 e. The first-order chi connectivity index (χ1) is 12.7. The summed E-state index contributed by atoms with van der Waals surface area (Å²) < 4.78 is 40.4. The standard InChI is InChI=1S/C17H18F3N5OS/c1-9(2)25-11(7-13(24-25)17(18,19)20)12-8-22-16(27-12)23-15(26)14-10(3)5-4-6-21-14/h6-9H,4-5H2,1-3H3,(H,22,23,26). The summed E-state index contributed by atoms with van der Waals surface area (Å²) in [7, 11) is 0. The van der Waals surface area contributed by atoms with Crippen molar-refractivity contribution in [2.75, 3.05) is 5.32 Å². The SMILES string of the molecule is CC1=C(C(=O)Nc2ncc(-c3cc(C(F)(F)F)nn3C(C)C)s2)N=CCC1. The van der Waals surface area contributed by atoms with E-state index in [1.165, 1.54) is 10.9 Å². The maximum absolute atomic E-state index is 13.0. The summed E-state index contributed by atoms with van der Waals surface area (Å²) in [6, 6.07) is 0.734. The lowest BCUT2D eigenvalue weighted by atomic mass is 10.1. The Morgan fingerprint density at radius 3 is 2.74 bits per heavy atom. The number of hydrogen-bond acceptors (Lipinski definition) is 5. The lowest BCUT2D eigenvalue weighted by molar-refractivity contribution is -0.141. The molecule has 0 spiro atoms. The Bertz CT molecular complexity index is 923. The van der Waals surface area contributed by atoms with Crippen LogP contribution in [0.1, 0.15) is 45.3 Å². The fourth-order valence-electron chi connectivity index (χ4n) is 2.64. The van der Waals surface area contributed by atoms with Crippen LogP contribution in [-0.2, 0) is 11.0 Å². The van der Waals surface area contributed by atoms with E-state index in [-0.39, 0.29) is 11.9 Å². The first kappa shape index (κ1) is 19.3. The van der Waals surface area contributed by atoms with Crippen molar-refractivity contribution in [3.63, 3.8) is 0 Å². The van der Waals surface area contributed by atoms with E-state index in [1.54, 1.807) is 20.1 Å². The minimum absolute atomic E-state index is 0.263. The van der Waals surface area contributed by atoms with Crippen molar-refractivity contribution in [1.29, 1.82) is 0 Å². The predicted molar refractivity (Wildman–Crippen MR) is 97.8 cm³/mol. The molecule has 27 heavy (non-hydrogen) atoms. The van der Waals surface area contributed by atoms with E-state index in [0.29, 0.717) is 21.4 Å². The highest BCUT2D eigenvalue weighted by Crippen LogP contribution is 2.36. The van der Waals surface area contributed by atoms with Gasteiger partial charge in [0.25, 0.3) is 5.91 Å².